The highest BCUT2D eigenvalue weighted by atomic mass is 32.1. The van der Waals surface area contributed by atoms with E-state index in [0.29, 0.717) is 13.1 Å². The largest absolute Gasteiger partial charge is 0.378 e. The third-order valence-electron chi connectivity index (χ3n) is 4.73. The van der Waals surface area contributed by atoms with Crippen LogP contribution in [0.15, 0.2) is 41.8 Å². The van der Waals surface area contributed by atoms with Crippen molar-refractivity contribution in [2.45, 2.75) is 13.1 Å². The van der Waals surface area contributed by atoms with Crippen LogP contribution in [-0.2, 0) is 17.9 Å². The first kappa shape index (κ1) is 18.9. The Kier molecular flexibility index (Phi) is 6.66. The smallest absolute Gasteiger partial charge is 0.234 e. The number of hydrogen-bond donors (Lipinski definition) is 1. The number of piperazine rings is 1. The van der Waals surface area contributed by atoms with Gasteiger partial charge in [0.25, 0.3) is 0 Å². The molecule has 6 heteroatoms. The molecule has 3 rings (SSSR count). The van der Waals surface area contributed by atoms with Crippen LogP contribution in [0.2, 0.25) is 0 Å². The molecule has 1 aromatic carbocycles. The zero-order chi connectivity index (χ0) is 18.4. The molecule has 1 fully saturated rings. The van der Waals surface area contributed by atoms with Crippen molar-refractivity contribution in [2.24, 2.45) is 0 Å². The number of nitrogens with one attached hydrogen (secondary N) is 1. The molecule has 0 bridgehead atoms. The van der Waals surface area contributed by atoms with E-state index < -0.39 is 0 Å². The zero-order valence-electron chi connectivity index (χ0n) is 15.6. The highest BCUT2D eigenvalue weighted by molar-refractivity contribution is 7.09. The number of hydrogen-bond acceptors (Lipinski definition) is 5. The molecule has 0 atom stereocenters. The summed E-state index contributed by atoms with van der Waals surface area (Å²) < 4.78 is 0. The van der Waals surface area contributed by atoms with Gasteiger partial charge in [0, 0.05) is 63.9 Å². The molecule has 0 spiro atoms. The van der Waals surface area contributed by atoms with Gasteiger partial charge < -0.3 is 10.2 Å². The Balaban J connectivity index is 1.36. The monoisotopic (exact) mass is 372 g/mol. The van der Waals surface area contributed by atoms with E-state index in [1.54, 1.807) is 0 Å². The summed E-state index contributed by atoms with van der Waals surface area (Å²) in [4.78, 5) is 20.4. The lowest BCUT2D eigenvalue weighted by Gasteiger charge is -2.34. The normalized spacial score (nSPS) is 15.8. The van der Waals surface area contributed by atoms with Gasteiger partial charge in [0.15, 0.2) is 0 Å². The van der Waals surface area contributed by atoms with Crippen molar-refractivity contribution in [2.75, 3.05) is 51.7 Å². The lowest BCUT2D eigenvalue weighted by molar-refractivity contribution is -0.122. The lowest BCUT2D eigenvalue weighted by Crippen LogP contribution is -2.48. The molecule has 5 nitrogen and oxygen atoms in total. The van der Waals surface area contributed by atoms with Gasteiger partial charge in [0.1, 0.15) is 0 Å². The SMILES string of the molecule is CN(C)c1ccc(CNC(=O)CN2CCN(Cc3cccs3)CC2)cc1. The second-order valence-corrected chi connectivity index (χ2v) is 8.00. The number of anilines is 1. The van der Waals surface area contributed by atoms with E-state index in [0.717, 1.165) is 38.3 Å². The van der Waals surface area contributed by atoms with E-state index in [4.69, 9.17) is 0 Å². The number of nitrogens with zero attached hydrogens (tertiary/aromatic N) is 3. The summed E-state index contributed by atoms with van der Waals surface area (Å²) >= 11 is 1.81. The third kappa shape index (κ3) is 5.56. The van der Waals surface area contributed by atoms with E-state index in [1.165, 1.54) is 10.6 Å². The Bertz CT molecular complexity index is 676. The molecule has 0 radical (unpaired) electrons. The van der Waals surface area contributed by atoms with E-state index >= 15 is 0 Å². The fourth-order valence-electron chi connectivity index (χ4n) is 3.10. The summed E-state index contributed by atoms with van der Waals surface area (Å²) in [5, 5.41) is 5.17. The van der Waals surface area contributed by atoms with Gasteiger partial charge in [0.05, 0.1) is 6.54 Å². The van der Waals surface area contributed by atoms with Crippen LogP contribution in [0.4, 0.5) is 5.69 Å². The van der Waals surface area contributed by atoms with Crippen molar-refractivity contribution in [3.8, 4) is 0 Å². The van der Waals surface area contributed by atoms with Crippen molar-refractivity contribution in [3.63, 3.8) is 0 Å². The second-order valence-electron chi connectivity index (χ2n) is 6.97. The number of carbonyl (C=O) groups is 1. The van der Waals surface area contributed by atoms with Gasteiger partial charge in [-0.15, -0.1) is 11.3 Å². The number of amides is 1. The number of rotatable bonds is 7. The maximum absolute atomic E-state index is 12.2. The fraction of sp³-hybridized carbons (Fsp3) is 0.450. The third-order valence-corrected chi connectivity index (χ3v) is 5.60. The van der Waals surface area contributed by atoms with E-state index in [-0.39, 0.29) is 5.91 Å². The van der Waals surface area contributed by atoms with Crippen LogP contribution in [0.3, 0.4) is 0 Å². The van der Waals surface area contributed by atoms with Crippen LogP contribution in [0, 0.1) is 0 Å². The van der Waals surface area contributed by atoms with Gasteiger partial charge in [-0.3, -0.25) is 14.6 Å². The number of benzene rings is 1. The molecule has 1 saturated heterocycles. The average Bonchev–Trinajstić information content (AvgIpc) is 3.15. The first-order chi connectivity index (χ1) is 12.6. The molecule has 0 unspecified atom stereocenters. The van der Waals surface area contributed by atoms with Crippen molar-refractivity contribution in [1.29, 1.82) is 0 Å². The summed E-state index contributed by atoms with van der Waals surface area (Å²) in [5.41, 5.74) is 2.30. The minimum absolute atomic E-state index is 0.105. The van der Waals surface area contributed by atoms with E-state index in [9.17, 15) is 4.79 Å². The van der Waals surface area contributed by atoms with Crippen LogP contribution in [0.25, 0.3) is 0 Å². The minimum atomic E-state index is 0.105. The maximum atomic E-state index is 12.2. The Hall–Kier alpha value is -1.89. The van der Waals surface area contributed by atoms with Crippen LogP contribution in [0.5, 0.6) is 0 Å². The van der Waals surface area contributed by atoms with Gasteiger partial charge >= 0.3 is 0 Å². The molecule has 140 valence electrons. The molecule has 1 aliphatic heterocycles. The van der Waals surface area contributed by atoms with Gasteiger partial charge in [-0.05, 0) is 29.1 Å². The van der Waals surface area contributed by atoms with Gasteiger partial charge in [-0.2, -0.15) is 0 Å². The number of carbonyl (C=O) groups excluding carboxylic acids is 1. The molecule has 1 aliphatic rings. The van der Waals surface area contributed by atoms with Gasteiger partial charge in [0.2, 0.25) is 5.91 Å². The predicted octanol–water partition coefficient (Wildman–Crippen LogP) is 2.25. The highest BCUT2D eigenvalue weighted by Gasteiger charge is 2.19. The van der Waals surface area contributed by atoms with Crippen molar-refractivity contribution < 1.29 is 4.79 Å². The summed E-state index contributed by atoms with van der Waals surface area (Å²) in [6.45, 7) is 6.06. The number of thiophene rings is 1. The molecule has 1 aromatic heterocycles. The van der Waals surface area contributed by atoms with E-state index in [2.05, 4.69) is 61.8 Å². The highest BCUT2D eigenvalue weighted by Crippen LogP contribution is 2.14. The topological polar surface area (TPSA) is 38.8 Å². The minimum Gasteiger partial charge on any atom is -0.378 e. The predicted molar refractivity (Wildman–Crippen MR) is 109 cm³/mol. The van der Waals surface area contributed by atoms with Crippen molar-refractivity contribution >= 4 is 22.9 Å². The van der Waals surface area contributed by atoms with Gasteiger partial charge in [-0.1, -0.05) is 18.2 Å². The Morgan fingerprint density at radius 3 is 2.38 bits per heavy atom. The zero-order valence-corrected chi connectivity index (χ0v) is 16.5. The quantitative estimate of drug-likeness (QED) is 0.809. The summed E-state index contributed by atoms with van der Waals surface area (Å²) in [7, 11) is 4.05. The van der Waals surface area contributed by atoms with Crippen molar-refractivity contribution in [3.05, 3.63) is 52.2 Å². The average molecular weight is 373 g/mol. The molecule has 26 heavy (non-hydrogen) atoms. The van der Waals surface area contributed by atoms with Gasteiger partial charge in [-0.25, -0.2) is 0 Å². The molecular formula is C20H28N4OS. The summed E-state index contributed by atoms with van der Waals surface area (Å²) in [5.74, 6) is 0.105. The Morgan fingerprint density at radius 2 is 1.77 bits per heavy atom. The van der Waals surface area contributed by atoms with Crippen LogP contribution in [0.1, 0.15) is 10.4 Å². The molecule has 0 aliphatic carbocycles. The Labute approximate surface area is 160 Å². The van der Waals surface area contributed by atoms with E-state index in [1.807, 2.05) is 25.4 Å². The van der Waals surface area contributed by atoms with Crippen LogP contribution < -0.4 is 10.2 Å². The second kappa shape index (κ2) is 9.16. The molecule has 2 aromatic rings. The molecule has 0 saturated carbocycles. The first-order valence-electron chi connectivity index (χ1n) is 9.10. The molecular weight excluding hydrogens is 344 g/mol. The fourth-order valence-corrected chi connectivity index (χ4v) is 3.85. The lowest BCUT2D eigenvalue weighted by atomic mass is 10.2. The molecule has 1 amide bonds. The summed E-state index contributed by atoms with van der Waals surface area (Å²) in [6, 6.07) is 12.6. The molecule has 2 heterocycles. The van der Waals surface area contributed by atoms with Crippen LogP contribution in [-0.4, -0.2) is 62.5 Å². The maximum Gasteiger partial charge on any atom is 0.234 e. The first-order valence-corrected chi connectivity index (χ1v) is 9.98. The van der Waals surface area contributed by atoms with Crippen LogP contribution >= 0.6 is 11.3 Å². The van der Waals surface area contributed by atoms with Crippen molar-refractivity contribution in [1.82, 2.24) is 15.1 Å². The Morgan fingerprint density at radius 1 is 1.08 bits per heavy atom. The molecule has 1 N–H and O–H groups in total. The standard InChI is InChI=1S/C20H28N4OS/c1-22(2)18-7-5-17(6-8-18)14-21-20(25)16-24-11-9-23(10-12-24)15-19-4-3-13-26-19/h3-8,13H,9-12,14-16H2,1-2H3,(H,21,25). The summed E-state index contributed by atoms with van der Waals surface area (Å²) in [6.07, 6.45) is 0.